The van der Waals surface area contributed by atoms with Crippen molar-refractivity contribution < 1.29 is 13.9 Å². The molecule has 3 aromatic rings. The molecule has 0 fully saturated rings. The second-order valence-electron chi connectivity index (χ2n) is 5.17. The average Bonchev–Trinajstić information content (AvgIpc) is 3.08. The van der Waals surface area contributed by atoms with Crippen molar-refractivity contribution in [3.63, 3.8) is 0 Å². The van der Waals surface area contributed by atoms with Crippen LogP contribution in [0.1, 0.15) is 11.4 Å². The lowest BCUT2D eigenvalue weighted by Gasteiger charge is -2.07. The van der Waals surface area contributed by atoms with Crippen molar-refractivity contribution in [2.24, 2.45) is 0 Å². The van der Waals surface area contributed by atoms with Crippen LogP contribution in [0.25, 0.3) is 0 Å². The molecule has 0 spiro atoms. The summed E-state index contributed by atoms with van der Waals surface area (Å²) in [7, 11) is 1.65. The highest BCUT2D eigenvalue weighted by molar-refractivity contribution is 7.09. The van der Waals surface area contributed by atoms with Crippen molar-refractivity contribution in [1.82, 2.24) is 14.3 Å². The van der Waals surface area contributed by atoms with E-state index in [0.29, 0.717) is 31.2 Å². The highest BCUT2D eigenvalue weighted by Crippen LogP contribution is 2.21. The smallest absolute Gasteiger partial charge is 0.219 e. The topological polar surface area (TPSA) is 69.2 Å². The maximum Gasteiger partial charge on any atom is 0.219 e. The van der Waals surface area contributed by atoms with E-state index >= 15 is 0 Å². The van der Waals surface area contributed by atoms with Gasteiger partial charge in [-0.3, -0.25) is 0 Å². The molecular formula is C17H17FN4O2S. The van der Waals surface area contributed by atoms with Crippen LogP contribution in [-0.4, -0.2) is 28.1 Å². The van der Waals surface area contributed by atoms with E-state index in [1.165, 1.54) is 23.7 Å². The molecule has 6 nitrogen and oxygen atoms in total. The van der Waals surface area contributed by atoms with Crippen molar-refractivity contribution in [3.05, 3.63) is 59.8 Å². The van der Waals surface area contributed by atoms with Gasteiger partial charge in [-0.15, -0.1) is 0 Å². The molecule has 0 unspecified atom stereocenters. The Kier molecular flexibility index (Phi) is 5.86. The number of methoxy groups -OCH3 is 1. The Hall–Kier alpha value is -2.58. The number of ether oxygens (including phenoxy) is 2. The van der Waals surface area contributed by atoms with E-state index in [2.05, 4.69) is 19.7 Å². The fraction of sp³-hybridized carbons (Fsp3) is 0.235. The number of rotatable bonds is 8. The van der Waals surface area contributed by atoms with Gasteiger partial charge in [-0.25, -0.2) is 14.4 Å². The van der Waals surface area contributed by atoms with Crippen LogP contribution >= 0.6 is 11.5 Å². The monoisotopic (exact) mass is 360 g/mol. The third-order valence-corrected chi connectivity index (χ3v) is 3.99. The molecule has 1 aromatic carbocycles. The molecule has 3 rings (SSSR count). The molecule has 8 heteroatoms. The molecular weight excluding hydrogens is 343 g/mol. The molecule has 1 N–H and O–H groups in total. The minimum absolute atomic E-state index is 0.305. The van der Waals surface area contributed by atoms with Crippen molar-refractivity contribution in [2.45, 2.75) is 13.0 Å². The molecule has 0 aliphatic carbocycles. The molecule has 0 atom stereocenters. The summed E-state index contributed by atoms with van der Waals surface area (Å²) in [6.07, 6.45) is 2.36. The van der Waals surface area contributed by atoms with Crippen LogP contribution in [0.2, 0.25) is 0 Å². The maximum absolute atomic E-state index is 12.9. The van der Waals surface area contributed by atoms with E-state index in [9.17, 15) is 4.39 Å². The van der Waals surface area contributed by atoms with E-state index < -0.39 is 0 Å². The second kappa shape index (κ2) is 8.50. The van der Waals surface area contributed by atoms with Gasteiger partial charge in [0.05, 0.1) is 6.61 Å². The van der Waals surface area contributed by atoms with Gasteiger partial charge in [0.15, 0.2) is 0 Å². The van der Waals surface area contributed by atoms with Gasteiger partial charge in [0.1, 0.15) is 17.4 Å². The number of benzene rings is 1. The third kappa shape index (κ3) is 5.20. The molecule has 2 aromatic heterocycles. The maximum atomic E-state index is 12.9. The number of nitrogens with one attached hydrogen (secondary N) is 1. The van der Waals surface area contributed by atoms with E-state index in [-0.39, 0.29) is 5.82 Å². The van der Waals surface area contributed by atoms with Gasteiger partial charge in [-0.2, -0.15) is 4.37 Å². The van der Waals surface area contributed by atoms with E-state index in [4.69, 9.17) is 9.47 Å². The molecule has 0 bridgehead atoms. The summed E-state index contributed by atoms with van der Waals surface area (Å²) in [5, 5.41) is 3.98. The van der Waals surface area contributed by atoms with Crippen LogP contribution in [0, 0.1) is 5.82 Å². The standard InChI is InChI=1S/C17H17FN4O2S/c1-23-9-7-15-21-17(25-22-15)20-11-12-6-8-19-16(10-12)24-14-4-2-13(18)3-5-14/h2-6,8,10H,7,9,11H2,1H3,(H,20,21,22). The molecule has 0 aliphatic heterocycles. The third-order valence-electron chi connectivity index (χ3n) is 3.28. The molecule has 0 radical (unpaired) electrons. The van der Waals surface area contributed by atoms with Crippen molar-refractivity contribution in [2.75, 3.05) is 19.0 Å². The number of hydrogen-bond acceptors (Lipinski definition) is 7. The van der Waals surface area contributed by atoms with Gasteiger partial charge in [-0.05, 0) is 35.9 Å². The summed E-state index contributed by atoms with van der Waals surface area (Å²) in [6, 6.07) is 9.52. The first-order chi connectivity index (χ1) is 12.2. The lowest BCUT2D eigenvalue weighted by Crippen LogP contribution is -2.01. The van der Waals surface area contributed by atoms with Crippen molar-refractivity contribution in [3.8, 4) is 11.6 Å². The van der Waals surface area contributed by atoms with E-state index in [1.807, 2.05) is 12.1 Å². The van der Waals surface area contributed by atoms with Crippen molar-refractivity contribution in [1.29, 1.82) is 0 Å². The molecule has 130 valence electrons. The number of anilines is 1. The minimum atomic E-state index is -0.305. The largest absolute Gasteiger partial charge is 0.439 e. The summed E-state index contributed by atoms with van der Waals surface area (Å²) < 4.78 is 27.8. The fourth-order valence-corrected chi connectivity index (χ4v) is 2.64. The Morgan fingerprint density at radius 1 is 1.20 bits per heavy atom. The summed E-state index contributed by atoms with van der Waals surface area (Å²) in [4.78, 5) is 8.56. The van der Waals surface area contributed by atoms with Gasteiger partial charge in [-0.1, -0.05) is 0 Å². The zero-order valence-electron chi connectivity index (χ0n) is 13.6. The second-order valence-corrected chi connectivity index (χ2v) is 5.92. The number of halogens is 1. The SMILES string of the molecule is COCCc1nsc(NCc2ccnc(Oc3ccc(F)cc3)c2)n1. The highest BCUT2D eigenvalue weighted by atomic mass is 32.1. The minimum Gasteiger partial charge on any atom is -0.439 e. The van der Waals surface area contributed by atoms with Crippen LogP contribution < -0.4 is 10.1 Å². The number of aromatic nitrogens is 3. The quantitative estimate of drug-likeness (QED) is 0.661. The van der Waals surface area contributed by atoms with E-state index in [1.54, 1.807) is 25.4 Å². The lowest BCUT2D eigenvalue weighted by molar-refractivity contribution is 0.201. The Labute approximate surface area is 148 Å². The predicted octanol–water partition coefficient (Wildman–Crippen LogP) is 3.67. The van der Waals surface area contributed by atoms with Gasteiger partial charge in [0.2, 0.25) is 11.0 Å². The normalized spacial score (nSPS) is 10.6. The lowest BCUT2D eigenvalue weighted by atomic mass is 10.2. The molecule has 0 aliphatic rings. The van der Waals surface area contributed by atoms with Crippen molar-refractivity contribution >= 4 is 16.7 Å². The molecule has 0 saturated heterocycles. The van der Waals surface area contributed by atoms with Crippen LogP contribution in [0.3, 0.4) is 0 Å². The number of nitrogens with zero attached hydrogens (tertiary/aromatic N) is 3. The highest BCUT2D eigenvalue weighted by Gasteiger charge is 2.05. The zero-order valence-corrected chi connectivity index (χ0v) is 14.4. The summed E-state index contributed by atoms with van der Waals surface area (Å²) in [5.41, 5.74) is 0.987. The van der Waals surface area contributed by atoms with Crippen LogP contribution in [0.5, 0.6) is 11.6 Å². The molecule has 25 heavy (non-hydrogen) atoms. The van der Waals surface area contributed by atoms with Gasteiger partial charge in [0, 0.05) is 43.9 Å². The molecule has 0 amide bonds. The summed E-state index contributed by atoms with van der Waals surface area (Å²) in [5.74, 6) is 1.44. The average molecular weight is 360 g/mol. The zero-order chi connectivity index (χ0) is 17.5. The Morgan fingerprint density at radius 3 is 2.84 bits per heavy atom. The Morgan fingerprint density at radius 2 is 2.04 bits per heavy atom. The Balaban J connectivity index is 1.58. The number of pyridine rings is 1. The Bertz CT molecular complexity index is 810. The first kappa shape index (κ1) is 17.2. The van der Waals surface area contributed by atoms with Crippen LogP contribution in [0.4, 0.5) is 9.52 Å². The van der Waals surface area contributed by atoms with Crippen LogP contribution in [0.15, 0.2) is 42.6 Å². The van der Waals surface area contributed by atoms with Crippen LogP contribution in [-0.2, 0) is 17.7 Å². The first-order valence-corrected chi connectivity index (χ1v) is 8.44. The predicted molar refractivity (Wildman–Crippen MR) is 93.5 cm³/mol. The van der Waals surface area contributed by atoms with Gasteiger partial charge < -0.3 is 14.8 Å². The van der Waals surface area contributed by atoms with E-state index in [0.717, 1.165) is 16.5 Å². The number of hydrogen-bond donors (Lipinski definition) is 1. The molecule has 0 saturated carbocycles. The van der Waals surface area contributed by atoms with Gasteiger partial charge >= 0.3 is 0 Å². The summed E-state index contributed by atoms with van der Waals surface area (Å²) >= 11 is 1.32. The molecule has 2 heterocycles. The first-order valence-electron chi connectivity index (χ1n) is 7.66. The van der Waals surface area contributed by atoms with Gasteiger partial charge in [0.25, 0.3) is 0 Å². The summed E-state index contributed by atoms with van der Waals surface area (Å²) in [6.45, 7) is 1.17. The fourth-order valence-electron chi connectivity index (χ4n) is 2.04.